The van der Waals surface area contributed by atoms with Crippen LogP contribution in [0.4, 0.5) is 0 Å². The van der Waals surface area contributed by atoms with Gasteiger partial charge in [0.05, 0.1) is 0 Å². The van der Waals surface area contributed by atoms with Crippen LogP contribution in [0.1, 0.15) is 65.4 Å². The van der Waals surface area contributed by atoms with E-state index in [1.54, 1.807) is 0 Å². The van der Waals surface area contributed by atoms with Gasteiger partial charge in [-0.1, -0.05) is 64.4 Å². The second-order valence-corrected chi connectivity index (χ2v) is 9.62. The van der Waals surface area contributed by atoms with Crippen molar-refractivity contribution in [3.05, 3.63) is 42.0 Å². The molecule has 0 spiro atoms. The van der Waals surface area contributed by atoms with Crippen molar-refractivity contribution in [3.8, 4) is 0 Å². The van der Waals surface area contributed by atoms with E-state index < -0.39 is 0 Å². The van der Waals surface area contributed by atoms with E-state index in [0.29, 0.717) is 17.1 Å². The molecule has 128 valence electrons. The zero-order chi connectivity index (χ0) is 17.2. The molecule has 0 N–H and O–H groups in total. The number of ketones is 1. The Hall–Kier alpha value is -1.37. The monoisotopic (exact) mass is 322 g/mol. The number of hydrogen-bond acceptors (Lipinski definition) is 1. The van der Waals surface area contributed by atoms with Gasteiger partial charge in [-0.05, 0) is 59.6 Å². The van der Waals surface area contributed by atoms with E-state index in [-0.39, 0.29) is 16.7 Å². The lowest BCUT2D eigenvalue weighted by molar-refractivity contribution is -0.143. The number of benzene rings is 1. The van der Waals surface area contributed by atoms with Crippen LogP contribution in [0.25, 0.3) is 5.57 Å². The summed E-state index contributed by atoms with van der Waals surface area (Å²) in [6.07, 6.45) is 8.18. The SMILES string of the molecule is CC1(C)CCC[C@]2(C)[C@@H]1CC[C@@]1(C)C(c3ccccc3)=CC(=O)[C@@H]21. The number of carbonyl (C=O) groups excluding carboxylic acids is 1. The Morgan fingerprint density at radius 3 is 2.38 bits per heavy atom. The Balaban J connectivity index is 1.80. The average Bonchev–Trinajstić information content (AvgIpc) is 2.79. The summed E-state index contributed by atoms with van der Waals surface area (Å²) >= 11 is 0. The normalized spacial score (nSPS) is 40.7. The molecule has 0 saturated heterocycles. The van der Waals surface area contributed by atoms with Crippen molar-refractivity contribution in [2.45, 2.75) is 59.8 Å². The molecule has 0 bridgehead atoms. The average molecular weight is 322 g/mol. The summed E-state index contributed by atoms with van der Waals surface area (Å²) in [5, 5.41) is 0. The van der Waals surface area contributed by atoms with Crippen LogP contribution in [0.3, 0.4) is 0 Å². The summed E-state index contributed by atoms with van der Waals surface area (Å²) in [5.74, 6) is 1.23. The van der Waals surface area contributed by atoms with Gasteiger partial charge in [-0.3, -0.25) is 4.79 Å². The molecule has 4 atom stereocenters. The van der Waals surface area contributed by atoms with Crippen LogP contribution in [0, 0.1) is 28.1 Å². The third kappa shape index (κ3) is 2.03. The molecule has 3 aliphatic rings. The molecule has 1 aromatic carbocycles. The van der Waals surface area contributed by atoms with Crippen molar-refractivity contribution in [1.29, 1.82) is 0 Å². The van der Waals surface area contributed by atoms with Crippen LogP contribution in [-0.2, 0) is 4.79 Å². The predicted molar refractivity (Wildman–Crippen MR) is 99.5 cm³/mol. The molecule has 1 aromatic rings. The first kappa shape index (κ1) is 16.1. The zero-order valence-electron chi connectivity index (χ0n) is 15.6. The molecule has 24 heavy (non-hydrogen) atoms. The van der Waals surface area contributed by atoms with Crippen LogP contribution in [0.5, 0.6) is 0 Å². The van der Waals surface area contributed by atoms with Gasteiger partial charge in [0.15, 0.2) is 5.78 Å². The molecular formula is C23H30O. The lowest BCUT2D eigenvalue weighted by Crippen LogP contribution is -2.55. The maximum Gasteiger partial charge on any atom is 0.160 e. The molecule has 0 radical (unpaired) electrons. The molecule has 1 nitrogen and oxygen atoms in total. The smallest absolute Gasteiger partial charge is 0.160 e. The lowest BCUT2D eigenvalue weighted by atomic mass is 9.43. The van der Waals surface area contributed by atoms with Crippen LogP contribution in [0.2, 0.25) is 0 Å². The van der Waals surface area contributed by atoms with Crippen molar-refractivity contribution < 1.29 is 4.79 Å². The van der Waals surface area contributed by atoms with E-state index in [4.69, 9.17) is 0 Å². The summed E-state index contributed by atoms with van der Waals surface area (Å²) in [6, 6.07) is 10.6. The summed E-state index contributed by atoms with van der Waals surface area (Å²) in [4.78, 5) is 13.2. The molecule has 0 amide bonds. The second kappa shape index (κ2) is 5.07. The first-order valence-electron chi connectivity index (χ1n) is 9.60. The molecule has 3 aliphatic carbocycles. The molecule has 0 unspecified atom stereocenters. The molecule has 2 fully saturated rings. The van der Waals surface area contributed by atoms with Crippen molar-refractivity contribution in [3.63, 3.8) is 0 Å². The van der Waals surface area contributed by atoms with Gasteiger partial charge in [0.1, 0.15) is 0 Å². The highest BCUT2D eigenvalue weighted by atomic mass is 16.1. The number of allylic oxidation sites excluding steroid dienone is 2. The Morgan fingerprint density at radius 2 is 1.67 bits per heavy atom. The highest BCUT2D eigenvalue weighted by Gasteiger charge is 2.63. The third-order valence-electron chi connectivity index (χ3n) is 7.80. The number of fused-ring (bicyclic) bond motifs is 3. The predicted octanol–water partition coefficient (Wildman–Crippen LogP) is 5.90. The standard InChI is InChI=1S/C23H30O/c1-21(2)12-8-13-23(4)19(21)11-14-22(3)17(15-18(24)20(22)23)16-9-6-5-7-10-16/h5-7,9-10,15,19-20H,8,11-14H2,1-4H3/t19-,20-,22+,23-/m1/s1. The van der Waals surface area contributed by atoms with Crippen LogP contribution in [0.15, 0.2) is 36.4 Å². The summed E-state index contributed by atoms with van der Waals surface area (Å²) in [7, 11) is 0. The fourth-order valence-electron chi connectivity index (χ4n) is 6.90. The van der Waals surface area contributed by atoms with Crippen LogP contribution < -0.4 is 0 Å². The first-order chi connectivity index (χ1) is 11.3. The van der Waals surface area contributed by atoms with E-state index in [0.717, 1.165) is 6.42 Å². The molecule has 0 heterocycles. The number of carbonyl (C=O) groups is 1. The van der Waals surface area contributed by atoms with Gasteiger partial charge in [-0.15, -0.1) is 0 Å². The number of rotatable bonds is 1. The number of hydrogen-bond donors (Lipinski definition) is 0. The minimum absolute atomic E-state index is 0.0110. The summed E-state index contributed by atoms with van der Waals surface area (Å²) in [6.45, 7) is 9.66. The third-order valence-corrected chi connectivity index (χ3v) is 7.80. The van der Waals surface area contributed by atoms with E-state index in [1.165, 1.54) is 36.8 Å². The van der Waals surface area contributed by atoms with Crippen molar-refractivity contribution >= 4 is 11.4 Å². The Kier molecular flexibility index (Phi) is 3.40. The van der Waals surface area contributed by atoms with Crippen LogP contribution in [-0.4, -0.2) is 5.78 Å². The minimum Gasteiger partial charge on any atom is -0.294 e. The fraction of sp³-hybridized carbons (Fsp3) is 0.609. The second-order valence-electron chi connectivity index (χ2n) is 9.62. The molecule has 4 rings (SSSR count). The van der Waals surface area contributed by atoms with Gasteiger partial charge in [-0.2, -0.15) is 0 Å². The van der Waals surface area contributed by atoms with Gasteiger partial charge in [0, 0.05) is 11.3 Å². The van der Waals surface area contributed by atoms with E-state index in [9.17, 15) is 4.79 Å². The summed E-state index contributed by atoms with van der Waals surface area (Å²) < 4.78 is 0. The van der Waals surface area contributed by atoms with Gasteiger partial charge < -0.3 is 0 Å². The summed E-state index contributed by atoms with van der Waals surface area (Å²) in [5.41, 5.74) is 3.06. The van der Waals surface area contributed by atoms with Crippen molar-refractivity contribution in [1.82, 2.24) is 0 Å². The van der Waals surface area contributed by atoms with E-state index in [2.05, 4.69) is 58.0 Å². The van der Waals surface area contributed by atoms with Gasteiger partial charge in [0.25, 0.3) is 0 Å². The van der Waals surface area contributed by atoms with Crippen molar-refractivity contribution in [2.75, 3.05) is 0 Å². The Bertz CT molecular complexity index is 698. The lowest BCUT2D eigenvalue weighted by Gasteiger charge is -2.60. The highest BCUT2D eigenvalue weighted by molar-refractivity contribution is 6.06. The van der Waals surface area contributed by atoms with E-state index >= 15 is 0 Å². The Labute approximate surface area is 146 Å². The van der Waals surface area contributed by atoms with Gasteiger partial charge >= 0.3 is 0 Å². The molecule has 2 saturated carbocycles. The zero-order valence-corrected chi connectivity index (χ0v) is 15.6. The topological polar surface area (TPSA) is 17.1 Å². The quantitative estimate of drug-likeness (QED) is 0.629. The fourth-order valence-corrected chi connectivity index (χ4v) is 6.90. The molecule has 0 aliphatic heterocycles. The minimum atomic E-state index is 0.0110. The molecule has 1 heteroatoms. The largest absolute Gasteiger partial charge is 0.294 e. The van der Waals surface area contributed by atoms with Crippen LogP contribution >= 0.6 is 0 Å². The Morgan fingerprint density at radius 1 is 0.958 bits per heavy atom. The maximum atomic E-state index is 13.2. The molecular weight excluding hydrogens is 292 g/mol. The maximum absolute atomic E-state index is 13.2. The first-order valence-corrected chi connectivity index (χ1v) is 9.60. The van der Waals surface area contributed by atoms with Gasteiger partial charge in [-0.25, -0.2) is 0 Å². The van der Waals surface area contributed by atoms with E-state index in [1.807, 2.05) is 6.08 Å². The molecule has 0 aromatic heterocycles. The highest BCUT2D eigenvalue weighted by Crippen LogP contribution is 2.68. The van der Waals surface area contributed by atoms with Crippen molar-refractivity contribution in [2.24, 2.45) is 28.1 Å². The van der Waals surface area contributed by atoms with Gasteiger partial charge in [0.2, 0.25) is 0 Å².